The summed E-state index contributed by atoms with van der Waals surface area (Å²) in [6.45, 7) is 5.09. The summed E-state index contributed by atoms with van der Waals surface area (Å²) in [5.74, 6) is 0.624. The quantitative estimate of drug-likeness (QED) is 0.373. The van der Waals surface area contributed by atoms with Crippen molar-refractivity contribution in [2.75, 3.05) is 0 Å². The highest BCUT2D eigenvalue weighted by Gasteiger charge is 2.21. The number of fused-ring (bicyclic) bond motifs is 4. The molecule has 132 valence electrons. The molecule has 1 aliphatic carbocycles. The van der Waals surface area contributed by atoms with Gasteiger partial charge in [0, 0.05) is 39.7 Å². The molecule has 1 aliphatic heterocycles. The molecule has 0 amide bonds. The molecule has 0 N–H and O–H groups in total. The van der Waals surface area contributed by atoms with Crippen molar-refractivity contribution >= 4 is 21.7 Å². The second kappa shape index (κ2) is 5.85. The monoisotopic (exact) mass is 353 g/mol. The first-order valence-electron chi connectivity index (χ1n) is 9.22. The lowest BCUT2D eigenvalue weighted by Gasteiger charge is -2.11. The maximum Gasteiger partial charge on any atom is 0.198 e. The van der Waals surface area contributed by atoms with Gasteiger partial charge in [-0.3, -0.25) is 4.79 Å². The topological polar surface area (TPSA) is 35.1 Å². The van der Waals surface area contributed by atoms with E-state index in [1.165, 1.54) is 0 Å². The fourth-order valence-electron chi connectivity index (χ4n) is 4.25. The summed E-state index contributed by atoms with van der Waals surface area (Å²) in [5.41, 5.74) is 4.71. The highest BCUT2D eigenvalue weighted by molar-refractivity contribution is 6.01. The number of benzene rings is 3. The summed E-state index contributed by atoms with van der Waals surface area (Å²) in [4.78, 5) is 13.6. The summed E-state index contributed by atoms with van der Waals surface area (Å²) in [6, 6.07) is 20.0. The third-order valence-electron chi connectivity index (χ3n) is 5.48. The number of hydrogen-bond acceptors (Lipinski definition) is 2. The Morgan fingerprint density at radius 2 is 1.63 bits per heavy atom. The molecule has 0 saturated carbocycles. The van der Waals surface area contributed by atoms with Gasteiger partial charge in [0.1, 0.15) is 5.76 Å². The minimum Gasteiger partial charge on any atom is -0.464 e. The van der Waals surface area contributed by atoms with E-state index in [0.717, 1.165) is 45.0 Å². The number of para-hydroxylation sites is 1. The normalized spacial score (nSPS) is 11.6. The lowest BCUT2D eigenvalue weighted by molar-refractivity contribution is 0.572. The summed E-state index contributed by atoms with van der Waals surface area (Å²) >= 11 is 0. The molecule has 3 nitrogen and oxygen atoms in total. The Balaban J connectivity index is 1.93. The fourth-order valence-corrected chi connectivity index (χ4v) is 4.25. The van der Waals surface area contributed by atoms with Crippen LogP contribution in [0.1, 0.15) is 12.6 Å². The van der Waals surface area contributed by atoms with Crippen molar-refractivity contribution < 1.29 is 4.42 Å². The zero-order chi connectivity index (χ0) is 18.5. The largest absolute Gasteiger partial charge is 0.464 e. The van der Waals surface area contributed by atoms with Crippen molar-refractivity contribution in [3.63, 3.8) is 0 Å². The average molecular weight is 353 g/mol. The Bertz CT molecular complexity index is 1340. The maximum atomic E-state index is 13.6. The Morgan fingerprint density at radius 3 is 2.44 bits per heavy atom. The number of nitrogens with zero attached hydrogens (tertiary/aromatic N) is 1. The van der Waals surface area contributed by atoms with E-state index in [1.54, 1.807) is 6.26 Å². The highest BCUT2D eigenvalue weighted by Crippen LogP contribution is 2.36. The van der Waals surface area contributed by atoms with Gasteiger partial charge in [-0.25, -0.2) is 0 Å². The van der Waals surface area contributed by atoms with E-state index < -0.39 is 0 Å². The van der Waals surface area contributed by atoms with Crippen LogP contribution in [-0.4, -0.2) is 4.57 Å². The Kier molecular flexibility index (Phi) is 3.44. The minimum atomic E-state index is 0.0233. The predicted molar refractivity (Wildman–Crippen MR) is 110 cm³/mol. The van der Waals surface area contributed by atoms with E-state index in [1.807, 2.05) is 48.5 Å². The first-order valence-corrected chi connectivity index (χ1v) is 9.22. The molecule has 0 spiro atoms. The molecule has 1 aromatic heterocycles. The van der Waals surface area contributed by atoms with Crippen LogP contribution in [0.25, 0.3) is 44.1 Å². The minimum absolute atomic E-state index is 0.0233. The number of hydrogen-bond donors (Lipinski definition) is 0. The highest BCUT2D eigenvalue weighted by atomic mass is 16.3. The summed E-state index contributed by atoms with van der Waals surface area (Å²) in [6.07, 6.45) is 1.71. The number of rotatable bonds is 2. The van der Waals surface area contributed by atoms with Crippen LogP contribution in [0.3, 0.4) is 0 Å². The van der Waals surface area contributed by atoms with Gasteiger partial charge in [0.2, 0.25) is 0 Å². The zero-order valence-electron chi connectivity index (χ0n) is 15.3. The summed E-state index contributed by atoms with van der Waals surface area (Å²) in [5, 5.41) is 2.99. The SMILES string of the molecule is CCn1c(C)c(-c2ccc3occ4ccccc4c-3c2=O)c2ccccc21. The Labute approximate surface area is 156 Å². The molecule has 0 bridgehead atoms. The van der Waals surface area contributed by atoms with Crippen molar-refractivity contribution in [1.29, 1.82) is 0 Å². The van der Waals surface area contributed by atoms with Crippen molar-refractivity contribution in [1.82, 2.24) is 4.57 Å². The predicted octanol–water partition coefficient (Wildman–Crippen LogP) is 5.85. The van der Waals surface area contributed by atoms with Crippen molar-refractivity contribution in [3.8, 4) is 22.5 Å². The summed E-state index contributed by atoms with van der Waals surface area (Å²) < 4.78 is 8.00. The lowest BCUT2D eigenvalue weighted by Crippen LogP contribution is -2.10. The first-order chi connectivity index (χ1) is 13.2. The van der Waals surface area contributed by atoms with Crippen LogP contribution < -0.4 is 5.43 Å². The molecule has 3 aromatic rings. The third-order valence-corrected chi connectivity index (χ3v) is 5.48. The van der Waals surface area contributed by atoms with Gasteiger partial charge in [0.15, 0.2) is 5.43 Å². The number of aromatic nitrogens is 1. The summed E-state index contributed by atoms with van der Waals surface area (Å²) in [7, 11) is 0. The molecule has 0 unspecified atom stereocenters. The van der Waals surface area contributed by atoms with Crippen LogP contribution in [0.15, 0.2) is 76.1 Å². The van der Waals surface area contributed by atoms with E-state index in [4.69, 9.17) is 4.42 Å². The fraction of sp³-hybridized carbons (Fsp3) is 0.125. The second-order valence-electron chi connectivity index (χ2n) is 6.86. The van der Waals surface area contributed by atoms with Crippen LogP contribution in [0.5, 0.6) is 0 Å². The van der Waals surface area contributed by atoms with Gasteiger partial charge in [0.05, 0.1) is 11.8 Å². The molecule has 2 aromatic carbocycles. The van der Waals surface area contributed by atoms with Gasteiger partial charge in [0.25, 0.3) is 0 Å². The van der Waals surface area contributed by atoms with E-state index in [9.17, 15) is 4.79 Å². The number of aryl methyl sites for hydroxylation is 1. The molecule has 27 heavy (non-hydrogen) atoms. The van der Waals surface area contributed by atoms with Crippen LogP contribution in [0.4, 0.5) is 0 Å². The van der Waals surface area contributed by atoms with Crippen molar-refractivity contribution in [3.05, 3.63) is 82.8 Å². The molecule has 0 saturated heterocycles. The van der Waals surface area contributed by atoms with Crippen LogP contribution >= 0.6 is 0 Å². The van der Waals surface area contributed by atoms with Gasteiger partial charge in [-0.2, -0.15) is 0 Å². The molecule has 3 heteroatoms. The van der Waals surface area contributed by atoms with Crippen molar-refractivity contribution in [2.45, 2.75) is 20.4 Å². The van der Waals surface area contributed by atoms with E-state index in [2.05, 4.69) is 30.5 Å². The van der Waals surface area contributed by atoms with E-state index >= 15 is 0 Å². The van der Waals surface area contributed by atoms with Crippen molar-refractivity contribution in [2.24, 2.45) is 0 Å². The average Bonchev–Trinajstić information content (AvgIpc) is 2.99. The van der Waals surface area contributed by atoms with Crippen LogP contribution in [0, 0.1) is 6.92 Å². The smallest absolute Gasteiger partial charge is 0.198 e. The molecule has 0 radical (unpaired) electrons. The van der Waals surface area contributed by atoms with E-state index in [-0.39, 0.29) is 5.43 Å². The van der Waals surface area contributed by atoms with Gasteiger partial charge in [-0.1, -0.05) is 42.5 Å². The lowest BCUT2D eigenvalue weighted by atomic mass is 9.95. The molecule has 5 rings (SSSR count). The van der Waals surface area contributed by atoms with Gasteiger partial charge in [-0.05, 0) is 37.4 Å². The molecular weight excluding hydrogens is 334 g/mol. The zero-order valence-corrected chi connectivity index (χ0v) is 15.3. The van der Waals surface area contributed by atoms with Crippen LogP contribution in [-0.2, 0) is 6.54 Å². The molecule has 0 atom stereocenters. The van der Waals surface area contributed by atoms with Gasteiger partial charge >= 0.3 is 0 Å². The molecule has 0 fully saturated rings. The first kappa shape index (κ1) is 15.9. The Hall–Kier alpha value is -3.33. The van der Waals surface area contributed by atoms with Gasteiger partial charge < -0.3 is 8.98 Å². The maximum absolute atomic E-state index is 13.6. The second-order valence-corrected chi connectivity index (χ2v) is 6.86. The molecule has 2 heterocycles. The third kappa shape index (κ3) is 2.18. The van der Waals surface area contributed by atoms with Gasteiger partial charge in [-0.15, -0.1) is 0 Å². The standard InChI is InChI=1S/C24H19NO2/c1-3-25-15(2)22(18-10-6-7-11-20(18)25)19-12-13-21-23(24(19)26)17-9-5-4-8-16(17)14-27-21/h4-14H,3H2,1-2H3. The van der Waals surface area contributed by atoms with Crippen LogP contribution in [0.2, 0.25) is 0 Å². The Morgan fingerprint density at radius 1 is 0.889 bits per heavy atom. The molecular formula is C24H19NO2. The van der Waals surface area contributed by atoms with E-state index in [0.29, 0.717) is 11.3 Å². The molecule has 2 aliphatic rings.